The van der Waals surface area contributed by atoms with Crippen LogP contribution in [0.3, 0.4) is 0 Å². The van der Waals surface area contributed by atoms with Gasteiger partial charge < -0.3 is 14.2 Å². The molecule has 0 fully saturated rings. The van der Waals surface area contributed by atoms with E-state index in [9.17, 15) is 9.59 Å². The first kappa shape index (κ1) is 17.8. The van der Waals surface area contributed by atoms with E-state index in [-0.39, 0.29) is 17.9 Å². The van der Waals surface area contributed by atoms with Gasteiger partial charge in [0.2, 0.25) is 0 Å². The van der Waals surface area contributed by atoms with Gasteiger partial charge in [-0.05, 0) is 43.7 Å². The summed E-state index contributed by atoms with van der Waals surface area (Å²) >= 11 is 5.85. The predicted octanol–water partition coefficient (Wildman–Crippen LogP) is 3.73. The SMILES string of the molecule is COC(=O)c1cc(Cl)ccc1OC(=O)COc1ccc(C)cc1C. The Morgan fingerprint density at radius 1 is 1.04 bits per heavy atom. The number of benzene rings is 2. The molecule has 0 atom stereocenters. The molecule has 0 spiro atoms. The number of carbonyl (C=O) groups is 2. The Kier molecular flexibility index (Phi) is 5.82. The minimum Gasteiger partial charge on any atom is -0.482 e. The van der Waals surface area contributed by atoms with Gasteiger partial charge in [-0.1, -0.05) is 29.3 Å². The van der Waals surface area contributed by atoms with E-state index in [0.29, 0.717) is 10.8 Å². The van der Waals surface area contributed by atoms with Gasteiger partial charge in [-0.25, -0.2) is 9.59 Å². The molecule has 0 amide bonds. The number of ether oxygens (including phenoxy) is 3. The number of halogens is 1. The highest BCUT2D eigenvalue weighted by Gasteiger charge is 2.17. The maximum absolute atomic E-state index is 12.0. The van der Waals surface area contributed by atoms with Crippen molar-refractivity contribution in [2.45, 2.75) is 13.8 Å². The molecule has 0 saturated carbocycles. The molecule has 2 aromatic rings. The fourth-order valence-electron chi connectivity index (χ4n) is 2.11. The first-order chi connectivity index (χ1) is 11.4. The lowest BCUT2D eigenvalue weighted by molar-refractivity contribution is -0.136. The zero-order valence-corrected chi connectivity index (χ0v) is 14.3. The zero-order chi connectivity index (χ0) is 17.7. The average molecular weight is 349 g/mol. The maximum atomic E-state index is 12.0. The molecule has 0 N–H and O–H groups in total. The summed E-state index contributed by atoms with van der Waals surface area (Å²) in [6, 6.07) is 9.96. The number of hydrogen-bond acceptors (Lipinski definition) is 5. The van der Waals surface area contributed by atoms with Gasteiger partial charge in [-0.15, -0.1) is 0 Å². The lowest BCUT2D eigenvalue weighted by Crippen LogP contribution is -2.19. The van der Waals surface area contributed by atoms with Crippen LogP contribution in [0.25, 0.3) is 0 Å². The largest absolute Gasteiger partial charge is 0.482 e. The van der Waals surface area contributed by atoms with Gasteiger partial charge in [0, 0.05) is 5.02 Å². The summed E-state index contributed by atoms with van der Waals surface area (Å²) in [6.07, 6.45) is 0. The van der Waals surface area contributed by atoms with Crippen LogP contribution in [-0.4, -0.2) is 25.7 Å². The van der Waals surface area contributed by atoms with Gasteiger partial charge in [0.1, 0.15) is 17.1 Å². The highest BCUT2D eigenvalue weighted by Crippen LogP contribution is 2.24. The van der Waals surface area contributed by atoms with Crippen molar-refractivity contribution in [1.29, 1.82) is 0 Å². The molecule has 0 aromatic heterocycles. The van der Waals surface area contributed by atoms with Gasteiger partial charge in [0.15, 0.2) is 6.61 Å². The summed E-state index contributed by atoms with van der Waals surface area (Å²) in [6.45, 7) is 3.58. The number of aryl methyl sites for hydroxylation is 2. The first-order valence-corrected chi connectivity index (χ1v) is 7.57. The molecular formula is C18H17ClO5. The summed E-state index contributed by atoms with van der Waals surface area (Å²) in [7, 11) is 1.23. The summed E-state index contributed by atoms with van der Waals surface area (Å²) < 4.78 is 15.3. The number of rotatable bonds is 5. The van der Waals surface area contributed by atoms with E-state index in [2.05, 4.69) is 4.74 Å². The van der Waals surface area contributed by atoms with Crippen LogP contribution >= 0.6 is 11.6 Å². The Hall–Kier alpha value is -2.53. The van der Waals surface area contributed by atoms with Crippen molar-refractivity contribution in [3.05, 3.63) is 58.1 Å². The molecule has 6 heteroatoms. The molecule has 0 aliphatic rings. The Bertz CT molecular complexity index is 770. The minimum absolute atomic E-state index is 0.0699. The Morgan fingerprint density at radius 2 is 1.75 bits per heavy atom. The summed E-state index contributed by atoms with van der Waals surface area (Å²) in [5, 5.41) is 0.335. The molecule has 24 heavy (non-hydrogen) atoms. The molecule has 0 bridgehead atoms. The molecule has 2 rings (SSSR count). The standard InChI is InChI=1S/C18H17ClO5/c1-11-4-6-15(12(2)8-11)23-10-17(20)24-16-7-5-13(19)9-14(16)18(21)22-3/h4-9H,10H2,1-3H3. The minimum atomic E-state index is -0.643. The molecule has 126 valence electrons. The fraction of sp³-hybridized carbons (Fsp3) is 0.222. The van der Waals surface area contributed by atoms with E-state index in [1.165, 1.54) is 25.3 Å². The second-order valence-corrected chi connectivity index (χ2v) is 5.60. The normalized spacial score (nSPS) is 10.2. The molecule has 0 radical (unpaired) electrons. The Morgan fingerprint density at radius 3 is 2.42 bits per heavy atom. The quantitative estimate of drug-likeness (QED) is 0.608. The smallest absolute Gasteiger partial charge is 0.349 e. The van der Waals surface area contributed by atoms with Gasteiger partial charge in [-0.2, -0.15) is 0 Å². The summed E-state index contributed by atoms with van der Waals surface area (Å²) in [5.74, 6) is -0.611. The molecule has 0 heterocycles. The van der Waals surface area contributed by atoms with Crippen molar-refractivity contribution in [3.63, 3.8) is 0 Å². The second-order valence-electron chi connectivity index (χ2n) is 5.16. The second kappa shape index (κ2) is 7.84. The van der Waals surface area contributed by atoms with E-state index in [4.69, 9.17) is 21.1 Å². The lowest BCUT2D eigenvalue weighted by Gasteiger charge is -2.11. The first-order valence-electron chi connectivity index (χ1n) is 7.19. The summed E-state index contributed by atoms with van der Waals surface area (Å²) in [4.78, 5) is 23.7. The van der Waals surface area contributed by atoms with Crippen molar-refractivity contribution >= 4 is 23.5 Å². The Balaban J connectivity index is 2.06. The molecule has 2 aromatic carbocycles. The van der Waals surface area contributed by atoms with Gasteiger partial charge in [0.05, 0.1) is 7.11 Å². The number of esters is 2. The average Bonchev–Trinajstić information content (AvgIpc) is 2.55. The van der Waals surface area contributed by atoms with Crippen molar-refractivity contribution in [2.75, 3.05) is 13.7 Å². The van der Waals surface area contributed by atoms with Crippen molar-refractivity contribution in [2.24, 2.45) is 0 Å². The van der Waals surface area contributed by atoms with Crippen molar-refractivity contribution in [3.8, 4) is 11.5 Å². The van der Waals surface area contributed by atoms with Crippen molar-refractivity contribution < 1.29 is 23.8 Å². The van der Waals surface area contributed by atoms with Crippen LogP contribution in [0.1, 0.15) is 21.5 Å². The van der Waals surface area contributed by atoms with E-state index < -0.39 is 11.9 Å². The molecule has 0 aliphatic carbocycles. The monoisotopic (exact) mass is 348 g/mol. The summed E-state index contributed by atoms with van der Waals surface area (Å²) in [5.41, 5.74) is 2.10. The maximum Gasteiger partial charge on any atom is 0.349 e. The van der Waals surface area contributed by atoms with E-state index in [0.717, 1.165) is 11.1 Å². The molecule has 0 aliphatic heterocycles. The van der Waals surface area contributed by atoms with Gasteiger partial charge in [0.25, 0.3) is 0 Å². The number of methoxy groups -OCH3 is 1. The topological polar surface area (TPSA) is 61.8 Å². The van der Waals surface area contributed by atoms with Crippen LogP contribution in [-0.2, 0) is 9.53 Å². The highest BCUT2D eigenvalue weighted by atomic mass is 35.5. The van der Waals surface area contributed by atoms with E-state index in [1.807, 2.05) is 26.0 Å². The zero-order valence-electron chi connectivity index (χ0n) is 13.6. The van der Waals surface area contributed by atoms with Gasteiger partial charge >= 0.3 is 11.9 Å². The Labute approximate surface area is 145 Å². The molecule has 0 unspecified atom stereocenters. The third-order valence-corrected chi connectivity index (χ3v) is 3.48. The van der Waals surface area contributed by atoms with Crippen LogP contribution in [0.2, 0.25) is 5.02 Å². The van der Waals surface area contributed by atoms with Crippen LogP contribution in [0.4, 0.5) is 0 Å². The van der Waals surface area contributed by atoms with Gasteiger partial charge in [-0.3, -0.25) is 0 Å². The molecular weight excluding hydrogens is 332 g/mol. The van der Waals surface area contributed by atoms with Crippen molar-refractivity contribution in [1.82, 2.24) is 0 Å². The third-order valence-electron chi connectivity index (χ3n) is 3.25. The number of carbonyl (C=O) groups excluding carboxylic acids is 2. The number of hydrogen-bond donors (Lipinski definition) is 0. The lowest BCUT2D eigenvalue weighted by atomic mass is 10.1. The third kappa shape index (κ3) is 4.49. The molecule has 5 nitrogen and oxygen atoms in total. The van der Waals surface area contributed by atoms with Crippen LogP contribution in [0.15, 0.2) is 36.4 Å². The predicted molar refractivity (Wildman–Crippen MR) is 89.8 cm³/mol. The fourth-order valence-corrected chi connectivity index (χ4v) is 2.28. The van der Waals surface area contributed by atoms with E-state index in [1.54, 1.807) is 6.07 Å². The van der Waals surface area contributed by atoms with Crippen LogP contribution in [0.5, 0.6) is 11.5 Å². The van der Waals surface area contributed by atoms with Crippen LogP contribution < -0.4 is 9.47 Å². The van der Waals surface area contributed by atoms with E-state index >= 15 is 0 Å². The highest BCUT2D eigenvalue weighted by molar-refractivity contribution is 6.31. The molecule has 0 saturated heterocycles. The van der Waals surface area contributed by atoms with Crippen LogP contribution in [0, 0.1) is 13.8 Å².